The van der Waals surface area contributed by atoms with Gasteiger partial charge in [0.25, 0.3) is 5.56 Å². The van der Waals surface area contributed by atoms with Gasteiger partial charge in [0.2, 0.25) is 5.91 Å². The smallest absolute Gasteiger partial charge is 0.345 e. The van der Waals surface area contributed by atoms with Crippen molar-refractivity contribution >= 4 is 69.2 Å². The molecule has 1 N–H and O–H groups in total. The van der Waals surface area contributed by atoms with Crippen molar-refractivity contribution in [1.82, 2.24) is 9.55 Å². The van der Waals surface area contributed by atoms with Crippen LogP contribution in [0.3, 0.4) is 0 Å². The summed E-state index contributed by atoms with van der Waals surface area (Å²) in [6, 6.07) is 13.6. The minimum absolute atomic E-state index is 0.113. The van der Waals surface area contributed by atoms with Crippen molar-refractivity contribution in [3.8, 4) is 22.4 Å². The molecule has 0 saturated heterocycles. The molecule has 2 heterocycles. The van der Waals surface area contributed by atoms with Crippen LogP contribution >= 0.6 is 34.8 Å². The fraction of sp³-hybridized carbons (Fsp3) is 0.148. The lowest BCUT2D eigenvalue weighted by Gasteiger charge is -2.18. The molecule has 11 heteroatoms. The van der Waals surface area contributed by atoms with Gasteiger partial charge in [0.05, 0.1) is 29.9 Å². The van der Waals surface area contributed by atoms with Crippen molar-refractivity contribution < 1.29 is 19.1 Å². The summed E-state index contributed by atoms with van der Waals surface area (Å²) in [5, 5.41) is 4.09. The molecule has 0 bridgehead atoms. The van der Waals surface area contributed by atoms with Crippen LogP contribution in [0, 0.1) is 0 Å². The fourth-order valence-electron chi connectivity index (χ4n) is 4.02. The topological polar surface area (TPSA) is 107 Å². The first-order valence-corrected chi connectivity index (χ1v) is 12.3. The third-order valence-electron chi connectivity index (χ3n) is 5.76. The Morgan fingerprint density at radius 1 is 0.974 bits per heavy atom. The number of Topliss-reactive ketones (excluding diaryl/α,β-unsaturated/α-hetero) is 1. The Morgan fingerprint density at radius 2 is 1.63 bits per heavy atom. The van der Waals surface area contributed by atoms with Gasteiger partial charge in [-0.2, -0.15) is 0 Å². The number of carbonyl (C=O) groups is 3. The van der Waals surface area contributed by atoms with Crippen molar-refractivity contribution in [1.29, 1.82) is 0 Å². The van der Waals surface area contributed by atoms with Crippen molar-refractivity contribution in [2.75, 3.05) is 12.4 Å². The number of fused-ring (bicyclic) bond motifs is 1. The maximum atomic E-state index is 13.3. The number of halogens is 3. The van der Waals surface area contributed by atoms with E-state index in [0.29, 0.717) is 37.5 Å². The molecule has 0 aliphatic heterocycles. The maximum absolute atomic E-state index is 13.3. The molecule has 2 aromatic heterocycles. The zero-order valence-corrected chi connectivity index (χ0v) is 22.7. The van der Waals surface area contributed by atoms with Crippen LogP contribution in [0.1, 0.15) is 23.7 Å². The molecule has 0 fully saturated rings. The molecule has 8 nitrogen and oxygen atoms in total. The number of nitrogens with one attached hydrogen (secondary N) is 1. The summed E-state index contributed by atoms with van der Waals surface area (Å²) < 4.78 is 6.02. The van der Waals surface area contributed by atoms with E-state index in [1.807, 2.05) is 0 Å². The monoisotopic (exact) mass is 571 g/mol. The standard InChI is InChI=1S/C27H20Cl3N3O5/c1-13(34)10-21(35)31-24-19-12-18(14-4-6-15(28)7-5-14)23(17-9-8-16(29)11-20(17)30)32-25(19)33(2)26(36)22(24)27(37)38-3/h4-9,11-12H,10H2,1-3H3,(H,31,35). The summed E-state index contributed by atoms with van der Waals surface area (Å²) in [6.45, 7) is 1.26. The third-order valence-corrected chi connectivity index (χ3v) is 6.56. The first kappa shape index (κ1) is 27.3. The van der Waals surface area contributed by atoms with Gasteiger partial charge in [-0.25, -0.2) is 9.78 Å². The highest BCUT2D eigenvalue weighted by Crippen LogP contribution is 2.39. The molecule has 0 radical (unpaired) electrons. The van der Waals surface area contributed by atoms with Gasteiger partial charge < -0.3 is 10.1 Å². The number of carbonyl (C=O) groups excluding carboxylic acids is 3. The number of aryl methyl sites for hydroxylation is 1. The molecule has 0 aliphatic carbocycles. The second-order valence-corrected chi connectivity index (χ2v) is 9.70. The number of methoxy groups -OCH3 is 1. The highest BCUT2D eigenvalue weighted by atomic mass is 35.5. The number of hydrogen-bond donors (Lipinski definition) is 1. The second-order valence-electron chi connectivity index (χ2n) is 8.42. The lowest BCUT2D eigenvalue weighted by molar-refractivity contribution is -0.124. The number of esters is 1. The average molecular weight is 573 g/mol. The predicted octanol–water partition coefficient (Wildman–Crippen LogP) is 5.93. The number of amides is 1. The first-order valence-electron chi connectivity index (χ1n) is 11.2. The molecule has 194 valence electrons. The summed E-state index contributed by atoms with van der Waals surface area (Å²) >= 11 is 18.8. The molecule has 1 amide bonds. The van der Waals surface area contributed by atoms with Crippen molar-refractivity contribution in [2.45, 2.75) is 13.3 Å². The maximum Gasteiger partial charge on any atom is 0.345 e. The lowest BCUT2D eigenvalue weighted by atomic mass is 9.97. The number of pyridine rings is 2. The van der Waals surface area contributed by atoms with E-state index in [9.17, 15) is 19.2 Å². The van der Waals surface area contributed by atoms with Crippen molar-refractivity contribution in [2.24, 2.45) is 7.05 Å². The molecule has 4 aromatic rings. The average Bonchev–Trinajstić information content (AvgIpc) is 2.86. The van der Waals surface area contributed by atoms with Gasteiger partial charge in [-0.1, -0.05) is 46.9 Å². The number of aromatic nitrogens is 2. The van der Waals surface area contributed by atoms with Gasteiger partial charge in [0.15, 0.2) is 0 Å². The lowest BCUT2D eigenvalue weighted by Crippen LogP contribution is -2.29. The normalized spacial score (nSPS) is 10.9. The molecule has 0 spiro atoms. The minimum Gasteiger partial charge on any atom is -0.465 e. The summed E-state index contributed by atoms with van der Waals surface area (Å²) in [5.74, 6) is -2.05. The Labute approximate surface area is 232 Å². The van der Waals surface area contributed by atoms with Crippen LogP contribution in [0.15, 0.2) is 53.3 Å². The van der Waals surface area contributed by atoms with Crippen LogP contribution in [0.25, 0.3) is 33.4 Å². The highest BCUT2D eigenvalue weighted by Gasteiger charge is 2.26. The van der Waals surface area contributed by atoms with E-state index < -0.39 is 35.2 Å². The third kappa shape index (κ3) is 5.29. The number of nitrogens with zero attached hydrogens (tertiary/aromatic N) is 2. The summed E-state index contributed by atoms with van der Waals surface area (Å²) in [7, 11) is 2.57. The van der Waals surface area contributed by atoms with Crippen molar-refractivity contribution in [3.63, 3.8) is 0 Å². The first-order chi connectivity index (χ1) is 18.0. The Kier molecular flexibility index (Phi) is 7.87. The number of anilines is 1. The largest absolute Gasteiger partial charge is 0.465 e. The van der Waals surface area contributed by atoms with Gasteiger partial charge in [-0.15, -0.1) is 0 Å². The van der Waals surface area contributed by atoms with E-state index in [0.717, 1.165) is 7.11 Å². The summed E-state index contributed by atoms with van der Waals surface area (Å²) in [6.07, 6.45) is -0.451. The molecular formula is C27H20Cl3N3O5. The summed E-state index contributed by atoms with van der Waals surface area (Å²) in [4.78, 5) is 55.0. The number of ketones is 1. The quantitative estimate of drug-likeness (QED) is 0.227. The summed E-state index contributed by atoms with van der Waals surface area (Å²) in [5.41, 5.74) is 1.10. The van der Waals surface area contributed by atoms with Gasteiger partial charge >= 0.3 is 5.97 Å². The van der Waals surface area contributed by atoms with Crippen molar-refractivity contribution in [3.05, 3.63) is 79.5 Å². The molecule has 0 saturated carbocycles. The number of benzene rings is 2. The van der Waals surface area contributed by atoms with Crippen LogP contribution < -0.4 is 10.9 Å². The molecule has 0 atom stereocenters. The predicted molar refractivity (Wildman–Crippen MR) is 148 cm³/mol. The molecule has 0 aliphatic rings. The Bertz CT molecular complexity index is 1680. The SMILES string of the molecule is COC(=O)c1c(NC(=O)CC(C)=O)c2cc(-c3ccc(Cl)cc3)c(-c3ccc(Cl)cc3Cl)nc2n(C)c1=O. The van der Waals surface area contributed by atoms with Gasteiger partial charge in [-0.3, -0.25) is 19.0 Å². The molecule has 0 unspecified atom stereocenters. The van der Waals surface area contributed by atoms with Gasteiger partial charge in [0, 0.05) is 33.6 Å². The molecule has 4 rings (SSSR count). The van der Waals surface area contributed by atoms with Crippen LogP contribution in [-0.4, -0.2) is 34.3 Å². The van der Waals surface area contributed by atoms with E-state index >= 15 is 0 Å². The minimum atomic E-state index is -0.955. The molecule has 2 aromatic carbocycles. The van der Waals surface area contributed by atoms with E-state index in [1.165, 1.54) is 18.5 Å². The van der Waals surface area contributed by atoms with Gasteiger partial charge in [0.1, 0.15) is 17.0 Å². The Balaban J connectivity index is 2.15. The number of rotatable bonds is 6. The highest BCUT2D eigenvalue weighted by molar-refractivity contribution is 6.36. The molecular weight excluding hydrogens is 553 g/mol. The van der Waals surface area contributed by atoms with Crippen LogP contribution in [0.2, 0.25) is 15.1 Å². The van der Waals surface area contributed by atoms with Crippen LogP contribution in [0.4, 0.5) is 5.69 Å². The van der Waals surface area contributed by atoms with Crippen LogP contribution in [-0.2, 0) is 21.4 Å². The fourth-order valence-corrected chi connectivity index (χ4v) is 4.64. The van der Waals surface area contributed by atoms with E-state index in [-0.39, 0.29) is 16.7 Å². The molecule has 38 heavy (non-hydrogen) atoms. The van der Waals surface area contributed by atoms with E-state index in [4.69, 9.17) is 44.5 Å². The zero-order chi connectivity index (χ0) is 27.7. The second kappa shape index (κ2) is 10.9. The van der Waals surface area contributed by atoms with Crippen LogP contribution in [0.5, 0.6) is 0 Å². The zero-order valence-electron chi connectivity index (χ0n) is 20.4. The number of hydrogen-bond acceptors (Lipinski definition) is 6. The van der Waals surface area contributed by atoms with E-state index in [1.54, 1.807) is 48.5 Å². The number of ether oxygens (including phenoxy) is 1. The van der Waals surface area contributed by atoms with Gasteiger partial charge in [-0.05, 0) is 48.9 Å². The Hall–Kier alpha value is -3.72. The Morgan fingerprint density at radius 3 is 2.24 bits per heavy atom. The van der Waals surface area contributed by atoms with E-state index in [2.05, 4.69) is 5.32 Å².